The lowest BCUT2D eigenvalue weighted by atomic mass is 9.83. The summed E-state index contributed by atoms with van der Waals surface area (Å²) in [5.41, 5.74) is 6.14. The number of fused-ring (bicyclic) bond motifs is 4. The van der Waals surface area contributed by atoms with E-state index < -0.39 is 23.1 Å². The van der Waals surface area contributed by atoms with Gasteiger partial charge in [0.1, 0.15) is 44.6 Å². The molecule has 2 N–H and O–H groups in total. The quantitative estimate of drug-likeness (QED) is 0.0905. The third kappa shape index (κ3) is 11.7. The number of rotatable bonds is 11. The van der Waals surface area contributed by atoms with E-state index in [9.17, 15) is 23.5 Å². The number of hydrogen-bond acceptors (Lipinski definition) is 16. The smallest absolute Gasteiger partial charge is 0.423 e. The Morgan fingerprint density at radius 3 is 1.86 bits per heavy atom. The number of nitrogens with one attached hydrogen (secondary N) is 1. The van der Waals surface area contributed by atoms with Crippen molar-refractivity contribution >= 4 is 71.7 Å². The molecule has 8 aromatic heterocycles. The summed E-state index contributed by atoms with van der Waals surface area (Å²) in [6.07, 6.45) is 2.49. The van der Waals surface area contributed by atoms with Crippen LogP contribution >= 0.6 is 15.9 Å². The fraction of sp³-hybridized carbons (Fsp3) is 0.206. The highest BCUT2D eigenvalue weighted by Gasteiger charge is 2.40. The van der Waals surface area contributed by atoms with Gasteiger partial charge in [-0.2, -0.15) is 14.5 Å². The van der Waals surface area contributed by atoms with Crippen molar-refractivity contribution in [1.29, 1.82) is 0 Å². The fourth-order valence-electron chi connectivity index (χ4n) is 9.67. The highest BCUT2D eigenvalue weighted by Crippen LogP contribution is 2.43. The van der Waals surface area contributed by atoms with Gasteiger partial charge in [-0.3, -0.25) is 14.8 Å². The maximum absolute atomic E-state index is 14.1. The summed E-state index contributed by atoms with van der Waals surface area (Å²) in [7, 11) is 0. The standard InChI is InChI=1S/C29H24FN5O3.C25H26N4O5.C9H5BrFN/c1-4-37-28-33-23-14-19(26-16(2)35-38-17(26)3)13-21(27(23)34-28)29(36,24-7-5-6-12-31-24)25-11-9-18-8-10-20(30)15-22(18)32-25;1-7-32-23-27-21-17(22(30)18-10-8-9-11-26-18)12-16(20-14(2)28-34-15(20)3)13-19(21)29(23)24(31)33-25(4,5)6;10-9-4-2-6-1-3-7(11)5-8(6)12-9/h5-15,36H,4H2,1-3H3,(H,33,34);8-13H,7H2,1-6H3;1-5H. The summed E-state index contributed by atoms with van der Waals surface area (Å²) < 4.78 is 56.5. The second-order valence-electron chi connectivity index (χ2n) is 20.3. The summed E-state index contributed by atoms with van der Waals surface area (Å²) in [5, 5.41) is 22.5. The van der Waals surface area contributed by atoms with Crippen LogP contribution in [0, 0.1) is 39.3 Å². The first-order chi connectivity index (χ1) is 40.2. The molecule has 12 aromatic rings. The molecule has 84 heavy (non-hydrogen) atoms. The van der Waals surface area contributed by atoms with E-state index >= 15 is 0 Å². The largest absolute Gasteiger partial charge is 0.465 e. The molecule has 18 nitrogen and oxygen atoms in total. The molecule has 1 unspecified atom stereocenters. The van der Waals surface area contributed by atoms with E-state index in [1.54, 1.807) is 120 Å². The fourth-order valence-corrected chi connectivity index (χ4v) is 9.99. The predicted molar refractivity (Wildman–Crippen MR) is 315 cm³/mol. The number of nitrogens with zero attached hydrogens (tertiary/aromatic N) is 9. The highest BCUT2D eigenvalue weighted by atomic mass is 79.9. The van der Waals surface area contributed by atoms with Crippen LogP contribution in [0.4, 0.5) is 13.6 Å². The Labute approximate surface area is 488 Å². The summed E-state index contributed by atoms with van der Waals surface area (Å²) in [6.45, 7) is 17.0. The van der Waals surface area contributed by atoms with Crippen molar-refractivity contribution in [2.75, 3.05) is 13.2 Å². The zero-order valence-corrected chi connectivity index (χ0v) is 48.7. The van der Waals surface area contributed by atoms with Crippen LogP contribution in [0.2, 0.25) is 0 Å². The second kappa shape index (κ2) is 23.7. The number of carbonyl (C=O) groups is 2. The first-order valence-electron chi connectivity index (χ1n) is 26.6. The van der Waals surface area contributed by atoms with Crippen molar-refractivity contribution in [3.63, 3.8) is 0 Å². The molecule has 12 rings (SSSR count). The third-order valence-electron chi connectivity index (χ3n) is 13.3. The second-order valence-corrected chi connectivity index (χ2v) is 21.1. The number of imidazole rings is 2. The van der Waals surface area contributed by atoms with Crippen LogP contribution in [0.1, 0.15) is 90.5 Å². The Bertz CT molecular complexity index is 4350. The van der Waals surface area contributed by atoms with E-state index in [2.05, 4.69) is 56.1 Å². The number of carbonyl (C=O) groups excluding carboxylic acids is 2. The van der Waals surface area contributed by atoms with Crippen LogP contribution in [0.25, 0.3) is 66.1 Å². The van der Waals surface area contributed by atoms with Crippen molar-refractivity contribution in [2.24, 2.45) is 0 Å². The summed E-state index contributed by atoms with van der Waals surface area (Å²) in [5.74, 6) is 0.212. The molecular formula is C63H55BrF2N10O8. The summed E-state index contributed by atoms with van der Waals surface area (Å²) in [4.78, 5) is 56.7. The number of aromatic nitrogens is 10. The molecule has 4 aromatic carbocycles. The first kappa shape index (κ1) is 57.6. The monoisotopic (exact) mass is 1200 g/mol. The van der Waals surface area contributed by atoms with E-state index in [-0.39, 0.29) is 41.2 Å². The maximum Gasteiger partial charge on any atom is 0.423 e. The van der Waals surface area contributed by atoms with Crippen LogP contribution in [0.3, 0.4) is 0 Å². The molecule has 0 fully saturated rings. The van der Waals surface area contributed by atoms with Gasteiger partial charge in [0, 0.05) is 52.0 Å². The highest BCUT2D eigenvalue weighted by molar-refractivity contribution is 9.10. The SMILES string of the molecule is CCOc1nc2c(C(=O)c3ccccn3)cc(-c3c(C)noc3C)cc2n1C(=O)OC(C)(C)C.CCOc1nc2c(C(O)(c3ccccn3)c3ccc4ccc(F)cc4n3)cc(-c3c(C)noc3C)cc2[nH]1.Fc1ccc2ccc(Br)nc2c1. The van der Waals surface area contributed by atoms with Crippen LogP contribution in [-0.2, 0) is 10.3 Å². The number of ketones is 1. The number of aryl methyl sites for hydroxylation is 4. The van der Waals surface area contributed by atoms with Gasteiger partial charge < -0.3 is 33.3 Å². The van der Waals surface area contributed by atoms with Gasteiger partial charge in [0.05, 0.1) is 69.1 Å². The molecule has 21 heteroatoms. The van der Waals surface area contributed by atoms with Crippen LogP contribution in [-0.4, -0.2) is 85.6 Å². The molecule has 0 aliphatic heterocycles. The molecule has 0 aliphatic carbocycles. The molecule has 0 aliphatic rings. The van der Waals surface area contributed by atoms with E-state index in [0.29, 0.717) is 85.4 Å². The van der Waals surface area contributed by atoms with Gasteiger partial charge in [-0.05, 0) is 174 Å². The summed E-state index contributed by atoms with van der Waals surface area (Å²) >= 11 is 3.22. The molecule has 1 atom stereocenters. The molecular weight excluding hydrogens is 1140 g/mol. The van der Waals surface area contributed by atoms with E-state index in [1.807, 2.05) is 52.0 Å². The normalized spacial score (nSPS) is 12.2. The minimum absolute atomic E-state index is 0.0396. The van der Waals surface area contributed by atoms with Gasteiger partial charge in [-0.15, -0.1) is 0 Å². The average molecular weight is 1200 g/mol. The van der Waals surface area contributed by atoms with Gasteiger partial charge in [-0.1, -0.05) is 34.6 Å². The molecule has 0 saturated heterocycles. The Morgan fingerprint density at radius 2 is 1.27 bits per heavy atom. The molecule has 0 spiro atoms. The van der Waals surface area contributed by atoms with E-state index in [1.165, 1.54) is 28.8 Å². The molecule has 8 heterocycles. The van der Waals surface area contributed by atoms with Crippen LogP contribution in [0.5, 0.6) is 12.0 Å². The van der Waals surface area contributed by atoms with Gasteiger partial charge in [0.2, 0.25) is 5.78 Å². The lowest BCUT2D eigenvalue weighted by molar-refractivity contribution is 0.0527. The summed E-state index contributed by atoms with van der Waals surface area (Å²) in [6, 6.07) is 34.2. The van der Waals surface area contributed by atoms with Gasteiger partial charge in [0.15, 0.2) is 5.60 Å². The Hall–Kier alpha value is -9.60. The number of H-pyrrole nitrogens is 1. The van der Waals surface area contributed by atoms with Crippen LogP contribution in [0.15, 0.2) is 147 Å². The molecule has 0 bridgehead atoms. The van der Waals surface area contributed by atoms with Gasteiger partial charge in [-0.25, -0.2) is 23.5 Å². The lowest BCUT2D eigenvalue weighted by Crippen LogP contribution is -2.31. The average Bonchev–Trinajstić information content (AvgIpc) is 1.84. The lowest BCUT2D eigenvalue weighted by Gasteiger charge is -2.29. The number of pyridine rings is 4. The minimum Gasteiger partial charge on any atom is -0.465 e. The number of hydrogen-bond donors (Lipinski definition) is 2. The van der Waals surface area contributed by atoms with Gasteiger partial charge >= 0.3 is 12.1 Å². The molecule has 0 radical (unpaired) electrons. The Balaban J connectivity index is 0.000000157. The Kier molecular flexibility index (Phi) is 16.3. The Morgan fingerprint density at radius 1 is 0.667 bits per heavy atom. The number of ether oxygens (including phenoxy) is 3. The maximum atomic E-state index is 14.1. The zero-order valence-electron chi connectivity index (χ0n) is 47.1. The first-order valence-corrected chi connectivity index (χ1v) is 27.4. The van der Waals surface area contributed by atoms with Crippen molar-refractivity contribution in [2.45, 2.75) is 73.5 Å². The molecule has 0 saturated carbocycles. The number of halogens is 3. The number of benzene rings is 4. The van der Waals surface area contributed by atoms with Crippen molar-refractivity contribution in [3.8, 4) is 34.3 Å². The minimum atomic E-state index is -1.85. The van der Waals surface area contributed by atoms with Crippen molar-refractivity contribution < 1.29 is 46.7 Å². The van der Waals surface area contributed by atoms with Gasteiger partial charge in [0.25, 0.3) is 6.01 Å². The van der Waals surface area contributed by atoms with Crippen molar-refractivity contribution in [1.82, 2.24) is 49.8 Å². The predicted octanol–water partition coefficient (Wildman–Crippen LogP) is 13.9. The van der Waals surface area contributed by atoms with E-state index in [0.717, 1.165) is 32.1 Å². The topological polar surface area (TPSA) is 232 Å². The van der Waals surface area contributed by atoms with Crippen molar-refractivity contribution in [3.05, 3.63) is 201 Å². The molecule has 426 valence electrons. The zero-order chi connectivity index (χ0) is 59.6. The number of aromatic amines is 1. The number of aliphatic hydroxyl groups is 1. The van der Waals surface area contributed by atoms with Crippen LogP contribution < -0.4 is 9.47 Å². The molecule has 0 amide bonds. The van der Waals surface area contributed by atoms with E-state index in [4.69, 9.17) is 28.2 Å². The third-order valence-corrected chi connectivity index (χ3v) is 13.7.